The molecule has 0 saturated carbocycles. The van der Waals surface area contributed by atoms with Crippen LogP contribution in [0.2, 0.25) is 0 Å². The Bertz CT molecular complexity index is 812. The van der Waals surface area contributed by atoms with E-state index in [4.69, 9.17) is 10.5 Å². The molecule has 1 aromatic rings. The van der Waals surface area contributed by atoms with Gasteiger partial charge in [-0.1, -0.05) is 6.07 Å². The van der Waals surface area contributed by atoms with Crippen LogP contribution in [0.15, 0.2) is 12.1 Å². The minimum atomic E-state index is -0.749. The lowest BCUT2D eigenvalue weighted by Crippen LogP contribution is -2.52. The summed E-state index contributed by atoms with van der Waals surface area (Å²) in [6.45, 7) is 0.643. The number of hydrogen-bond donors (Lipinski definition) is 2. The van der Waals surface area contributed by atoms with Gasteiger partial charge in [-0.2, -0.15) is 0 Å². The third-order valence-electron chi connectivity index (χ3n) is 5.64. The van der Waals surface area contributed by atoms with Crippen LogP contribution in [0.25, 0.3) is 0 Å². The topological polar surface area (TPSA) is 102 Å². The number of ether oxygens (including phenoxy) is 1. The number of nitrogens with zero attached hydrogens (tertiary/aromatic N) is 1. The van der Waals surface area contributed by atoms with Gasteiger partial charge in [-0.25, -0.2) is 4.39 Å². The first kappa shape index (κ1) is 18.1. The highest BCUT2D eigenvalue weighted by Crippen LogP contribution is 2.31. The van der Waals surface area contributed by atoms with Crippen molar-refractivity contribution in [2.75, 3.05) is 6.61 Å². The Morgan fingerprint density at radius 1 is 1.26 bits per heavy atom. The van der Waals surface area contributed by atoms with Gasteiger partial charge in [0.1, 0.15) is 11.9 Å². The summed E-state index contributed by atoms with van der Waals surface area (Å²) in [5, 5.41) is 2.24. The van der Waals surface area contributed by atoms with Gasteiger partial charge in [0.2, 0.25) is 11.8 Å². The molecule has 0 bridgehead atoms. The third kappa shape index (κ3) is 3.23. The second-order valence-corrected chi connectivity index (χ2v) is 7.38. The molecule has 3 N–H and O–H groups in total. The molecule has 27 heavy (non-hydrogen) atoms. The molecule has 2 unspecified atom stereocenters. The van der Waals surface area contributed by atoms with Crippen LogP contribution in [-0.4, -0.2) is 47.4 Å². The Morgan fingerprint density at radius 3 is 2.81 bits per heavy atom. The van der Waals surface area contributed by atoms with Crippen LogP contribution in [-0.2, 0) is 27.3 Å². The minimum absolute atomic E-state index is 0.0255. The predicted molar refractivity (Wildman–Crippen MR) is 93.1 cm³/mol. The first-order valence-corrected chi connectivity index (χ1v) is 9.28. The lowest BCUT2D eigenvalue weighted by atomic mass is 9.95. The van der Waals surface area contributed by atoms with Crippen molar-refractivity contribution in [1.82, 2.24) is 10.2 Å². The fourth-order valence-corrected chi connectivity index (χ4v) is 4.10. The fourth-order valence-electron chi connectivity index (χ4n) is 4.10. The summed E-state index contributed by atoms with van der Waals surface area (Å²) in [5.41, 5.74) is 7.11. The van der Waals surface area contributed by atoms with Crippen molar-refractivity contribution in [3.05, 3.63) is 34.6 Å². The molecule has 3 aliphatic rings. The molecule has 2 saturated heterocycles. The molecule has 8 heteroatoms. The highest BCUT2D eigenvalue weighted by molar-refractivity contribution is 6.05. The lowest BCUT2D eigenvalue weighted by molar-refractivity contribution is -0.136. The smallest absolute Gasteiger partial charge is 0.255 e. The maximum absolute atomic E-state index is 15.1. The van der Waals surface area contributed by atoms with Crippen LogP contribution in [0, 0.1) is 5.82 Å². The Kier molecular flexibility index (Phi) is 4.69. The molecule has 3 heterocycles. The first-order valence-electron chi connectivity index (χ1n) is 9.28. The molecular weight excluding hydrogens is 353 g/mol. The second-order valence-electron chi connectivity index (χ2n) is 7.38. The summed E-state index contributed by atoms with van der Waals surface area (Å²) in [5.74, 6) is -1.67. The number of halogens is 1. The summed E-state index contributed by atoms with van der Waals surface area (Å²) in [4.78, 5) is 37.4. The van der Waals surface area contributed by atoms with Gasteiger partial charge >= 0.3 is 0 Å². The predicted octanol–water partition coefficient (Wildman–Crippen LogP) is 0.635. The van der Waals surface area contributed by atoms with Crippen molar-refractivity contribution in [2.24, 2.45) is 5.73 Å². The van der Waals surface area contributed by atoms with E-state index in [-0.39, 0.29) is 48.9 Å². The van der Waals surface area contributed by atoms with Crippen molar-refractivity contribution in [3.8, 4) is 0 Å². The average Bonchev–Trinajstić information content (AvgIpc) is 2.97. The quantitative estimate of drug-likeness (QED) is 0.755. The highest BCUT2D eigenvalue weighted by atomic mass is 19.1. The van der Waals surface area contributed by atoms with E-state index >= 15 is 4.39 Å². The summed E-state index contributed by atoms with van der Waals surface area (Å²) in [7, 11) is 0. The number of rotatable bonds is 3. The standard InChI is InChI=1S/C19H22FN3O4/c20-17-10(8-15-13(21)2-1-7-27-15)3-4-11-12(17)9-23(19(11)26)14-5-6-16(24)22-18(14)25/h3-4,13-15H,1-2,5-9,21H2,(H,22,24,25)/t13?,14?,15-/m1/s1. The van der Waals surface area contributed by atoms with Crippen molar-refractivity contribution in [3.63, 3.8) is 0 Å². The molecule has 3 atom stereocenters. The number of carbonyl (C=O) groups excluding carboxylic acids is 3. The van der Waals surface area contributed by atoms with E-state index in [0.29, 0.717) is 24.2 Å². The SMILES string of the molecule is NC1CCCO[C@@H]1Cc1ccc2c(c1F)CN(C1CCC(=O)NC1=O)C2=O. The van der Waals surface area contributed by atoms with Gasteiger partial charge in [-0.05, 0) is 30.9 Å². The van der Waals surface area contributed by atoms with Gasteiger partial charge in [0.05, 0.1) is 12.6 Å². The Balaban J connectivity index is 1.55. The summed E-state index contributed by atoms with van der Waals surface area (Å²) in [6, 6.07) is 2.33. The van der Waals surface area contributed by atoms with Gasteiger partial charge in [-0.3, -0.25) is 19.7 Å². The maximum atomic E-state index is 15.1. The number of benzene rings is 1. The Morgan fingerprint density at radius 2 is 2.07 bits per heavy atom. The Hall–Kier alpha value is -2.32. The molecule has 2 fully saturated rings. The van der Waals surface area contributed by atoms with E-state index in [2.05, 4.69) is 5.32 Å². The van der Waals surface area contributed by atoms with Crippen molar-refractivity contribution >= 4 is 17.7 Å². The maximum Gasteiger partial charge on any atom is 0.255 e. The van der Waals surface area contributed by atoms with Crippen LogP contribution >= 0.6 is 0 Å². The van der Waals surface area contributed by atoms with Crippen LogP contribution in [0.5, 0.6) is 0 Å². The van der Waals surface area contributed by atoms with Crippen LogP contribution < -0.4 is 11.1 Å². The lowest BCUT2D eigenvalue weighted by Gasteiger charge is -2.29. The van der Waals surface area contributed by atoms with E-state index in [0.717, 1.165) is 12.8 Å². The number of imide groups is 1. The minimum Gasteiger partial charge on any atom is -0.376 e. The van der Waals surface area contributed by atoms with Crippen molar-refractivity contribution < 1.29 is 23.5 Å². The van der Waals surface area contributed by atoms with Gasteiger partial charge in [0, 0.05) is 36.6 Å². The zero-order valence-electron chi connectivity index (χ0n) is 14.9. The van der Waals surface area contributed by atoms with Crippen LogP contribution in [0.3, 0.4) is 0 Å². The number of piperidine rings is 1. The molecule has 1 aromatic carbocycles. The fraction of sp³-hybridized carbons (Fsp3) is 0.526. The van der Waals surface area contributed by atoms with Crippen LogP contribution in [0.4, 0.5) is 4.39 Å². The first-order chi connectivity index (χ1) is 13.0. The molecule has 4 rings (SSSR count). The number of fused-ring (bicyclic) bond motifs is 1. The molecule has 144 valence electrons. The van der Waals surface area contributed by atoms with Gasteiger partial charge < -0.3 is 15.4 Å². The van der Waals surface area contributed by atoms with Crippen molar-refractivity contribution in [1.29, 1.82) is 0 Å². The van der Waals surface area contributed by atoms with Gasteiger partial charge in [-0.15, -0.1) is 0 Å². The average molecular weight is 375 g/mol. The second kappa shape index (κ2) is 7.01. The largest absolute Gasteiger partial charge is 0.376 e. The number of amides is 3. The summed E-state index contributed by atoms with van der Waals surface area (Å²) >= 11 is 0. The van der Waals surface area contributed by atoms with E-state index < -0.39 is 17.8 Å². The van der Waals surface area contributed by atoms with Gasteiger partial charge in [0.15, 0.2) is 0 Å². The molecule has 0 radical (unpaired) electrons. The molecule has 0 aliphatic carbocycles. The van der Waals surface area contributed by atoms with E-state index in [1.54, 1.807) is 12.1 Å². The summed E-state index contributed by atoms with van der Waals surface area (Å²) < 4.78 is 20.8. The molecule has 0 aromatic heterocycles. The summed E-state index contributed by atoms with van der Waals surface area (Å²) in [6.07, 6.45) is 2.28. The third-order valence-corrected chi connectivity index (χ3v) is 5.64. The number of nitrogens with two attached hydrogens (primary N) is 1. The van der Waals surface area contributed by atoms with E-state index in [1.165, 1.54) is 4.90 Å². The molecular formula is C19H22FN3O4. The normalized spacial score (nSPS) is 28.3. The number of nitrogens with one attached hydrogen (secondary N) is 1. The molecule has 3 amide bonds. The number of carbonyl (C=O) groups is 3. The highest BCUT2D eigenvalue weighted by Gasteiger charge is 2.40. The van der Waals surface area contributed by atoms with Crippen molar-refractivity contribution in [2.45, 2.75) is 56.8 Å². The van der Waals surface area contributed by atoms with E-state index in [9.17, 15) is 14.4 Å². The zero-order valence-corrected chi connectivity index (χ0v) is 14.9. The Labute approximate surface area is 156 Å². The molecule has 3 aliphatic heterocycles. The molecule has 7 nitrogen and oxygen atoms in total. The van der Waals surface area contributed by atoms with Crippen LogP contribution in [0.1, 0.15) is 47.2 Å². The number of hydrogen-bond acceptors (Lipinski definition) is 5. The monoisotopic (exact) mass is 375 g/mol. The molecule has 0 spiro atoms. The van der Waals surface area contributed by atoms with E-state index in [1.807, 2.05) is 0 Å². The zero-order chi connectivity index (χ0) is 19.1. The van der Waals surface area contributed by atoms with Gasteiger partial charge in [0.25, 0.3) is 5.91 Å².